The zero-order valence-corrected chi connectivity index (χ0v) is 16.2. The number of nitrogens with zero attached hydrogens (tertiary/aromatic N) is 3. The molecule has 26 heavy (non-hydrogen) atoms. The van der Waals surface area contributed by atoms with Gasteiger partial charge in [-0.1, -0.05) is 42.5 Å². The quantitative estimate of drug-likeness (QED) is 0.749. The lowest BCUT2D eigenvalue weighted by atomic mass is 9.93. The van der Waals surface area contributed by atoms with E-state index in [4.69, 9.17) is 0 Å². The average molecular weight is 354 g/mol. The smallest absolute Gasteiger partial charge is 0.0233 e. The number of piperazine rings is 1. The van der Waals surface area contributed by atoms with Gasteiger partial charge in [-0.3, -0.25) is 9.80 Å². The lowest BCUT2D eigenvalue weighted by Crippen LogP contribution is -2.53. The summed E-state index contributed by atoms with van der Waals surface area (Å²) in [5, 5.41) is 0. The van der Waals surface area contributed by atoms with Crippen LogP contribution >= 0.6 is 0 Å². The van der Waals surface area contributed by atoms with E-state index < -0.39 is 0 Å². The number of hydrogen-bond donors (Lipinski definition) is 0. The third-order valence-electron chi connectivity index (χ3n) is 6.62. The molecule has 2 aliphatic heterocycles. The molecule has 4 rings (SSSR count). The second-order valence-electron chi connectivity index (χ2n) is 8.48. The summed E-state index contributed by atoms with van der Waals surface area (Å²) in [5.74, 6) is 0.910. The molecule has 3 aliphatic rings. The van der Waals surface area contributed by atoms with Crippen molar-refractivity contribution in [2.75, 3.05) is 45.8 Å². The molecule has 1 aromatic carbocycles. The normalized spacial score (nSPS) is 27.0. The van der Waals surface area contributed by atoms with Crippen molar-refractivity contribution in [3.05, 3.63) is 48.0 Å². The molecule has 1 aromatic rings. The maximum Gasteiger partial charge on any atom is 0.0233 e. The van der Waals surface area contributed by atoms with Crippen LogP contribution in [0.25, 0.3) is 0 Å². The van der Waals surface area contributed by atoms with Gasteiger partial charge in [-0.25, -0.2) is 0 Å². The molecule has 0 amide bonds. The van der Waals surface area contributed by atoms with Crippen LogP contribution < -0.4 is 0 Å². The van der Waals surface area contributed by atoms with Crippen molar-refractivity contribution in [1.82, 2.24) is 14.7 Å². The second kappa shape index (κ2) is 9.16. The average Bonchev–Trinajstić information content (AvgIpc) is 2.71. The van der Waals surface area contributed by atoms with Gasteiger partial charge in [0.25, 0.3) is 0 Å². The molecule has 0 radical (unpaired) electrons. The van der Waals surface area contributed by atoms with Crippen molar-refractivity contribution in [3.63, 3.8) is 0 Å². The molecular weight excluding hydrogens is 318 g/mol. The highest BCUT2D eigenvalue weighted by Crippen LogP contribution is 2.22. The van der Waals surface area contributed by atoms with Crippen LogP contribution in [0, 0.1) is 5.92 Å². The lowest BCUT2D eigenvalue weighted by molar-refractivity contribution is 0.0515. The van der Waals surface area contributed by atoms with Gasteiger partial charge < -0.3 is 4.90 Å². The van der Waals surface area contributed by atoms with Crippen molar-refractivity contribution >= 4 is 0 Å². The fourth-order valence-electron chi connectivity index (χ4n) is 4.98. The van der Waals surface area contributed by atoms with E-state index >= 15 is 0 Å². The zero-order chi connectivity index (χ0) is 17.6. The van der Waals surface area contributed by atoms with E-state index in [0.29, 0.717) is 0 Å². The number of piperidine rings is 1. The molecule has 2 saturated heterocycles. The Hall–Kier alpha value is -1.16. The Labute approximate surface area is 159 Å². The van der Waals surface area contributed by atoms with Gasteiger partial charge in [-0.2, -0.15) is 0 Å². The molecule has 2 fully saturated rings. The first-order chi connectivity index (χ1) is 12.9. The first kappa shape index (κ1) is 18.2. The van der Waals surface area contributed by atoms with Gasteiger partial charge in [0.2, 0.25) is 0 Å². The summed E-state index contributed by atoms with van der Waals surface area (Å²) in [4.78, 5) is 8.15. The van der Waals surface area contributed by atoms with E-state index in [1.165, 1.54) is 83.5 Å². The number of benzene rings is 1. The molecular formula is C23H35N3. The minimum atomic E-state index is 0.821. The minimum Gasteiger partial charge on any atom is -0.301 e. The topological polar surface area (TPSA) is 9.72 Å². The van der Waals surface area contributed by atoms with Crippen LogP contribution in [-0.2, 0) is 6.54 Å². The third kappa shape index (κ3) is 4.97. The van der Waals surface area contributed by atoms with Crippen LogP contribution in [0.4, 0.5) is 0 Å². The molecule has 1 atom stereocenters. The maximum absolute atomic E-state index is 2.79. The Bertz CT molecular complexity index is 554. The molecule has 142 valence electrons. The largest absolute Gasteiger partial charge is 0.301 e. The third-order valence-corrected chi connectivity index (χ3v) is 6.62. The number of rotatable bonds is 5. The zero-order valence-electron chi connectivity index (χ0n) is 16.2. The lowest BCUT2D eigenvalue weighted by Gasteiger charge is -2.43. The van der Waals surface area contributed by atoms with Crippen LogP contribution in [0.3, 0.4) is 0 Å². The molecule has 0 unspecified atom stereocenters. The summed E-state index contributed by atoms with van der Waals surface area (Å²) >= 11 is 0. The first-order valence-corrected chi connectivity index (χ1v) is 10.7. The minimum absolute atomic E-state index is 0.821. The van der Waals surface area contributed by atoms with Crippen LogP contribution in [0.15, 0.2) is 42.5 Å². The van der Waals surface area contributed by atoms with E-state index in [1.54, 1.807) is 0 Å². The van der Waals surface area contributed by atoms with Gasteiger partial charge in [0.1, 0.15) is 0 Å². The summed E-state index contributed by atoms with van der Waals surface area (Å²) in [7, 11) is 0. The standard InChI is InChI=1S/C23H35N3/c1-3-7-21(8-4-1)19-24-13-11-23(12-14-24)26-17-15-25(16-18-26)20-22-9-5-2-6-10-22/h1-5,7-8,22-23H,6,9-20H2/t22-/m1/s1. The molecule has 0 bridgehead atoms. The van der Waals surface area contributed by atoms with Crippen molar-refractivity contribution in [1.29, 1.82) is 0 Å². The Morgan fingerprint density at radius 3 is 2.23 bits per heavy atom. The van der Waals surface area contributed by atoms with E-state index in [-0.39, 0.29) is 0 Å². The van der Waals surface area contributed by atoms with Gasteiger partial charge in [0.05, 0.1) is 0 Å². The predicted octanol–water partition coefficient (Wildman–Crippen LogP) is 3.62. The summed E-state index contributed by atoms with van der Waals surface area (Å²) in [6.45, 7) is 10.1. The number of hydrogen-bond acceptors (Lipinski definition) is 3. The summed E-state index contributed by atoms with van der Waals surface area (Å²) in [6, 6.07) is 11.8. The molecule has 0 spiro atoms. The van der Waals surface area contributed by atoms with Crippen molar-refractivity contribution < 1.29 is 0 Å². The van der Waals surface area contributed by atoms with Crippen molar-refractivity contribution in [2.45, 2.75) is 44.7 Å². The van der Waals surface area contributed by atoms with E-state index in [9.17, 15) is 0 Å². The fourth-order valence-corrected chi connectivity index (χ4v) is 4.98. The van der Waals surface area contributed by atoms with Gasteiger partial charge >= 0.3 is 0 Å². The number of allylic oxidation sites excluding steroid dienone is 2. The maximum atomic E-state index is 2.79. The highest BCUT2D eigenvalue weighted by molar-refractivity contribution is 5.14. The molecule has 3 heteroatoms. The fraction of sp³-hybridized carbons (Fsp3) is 0.652. The van der Waals surface area contributed by atoms with Crippen LogP contribution in [0.1, 0.15) is 37.7 Å². The highest BCUT2D eigenvalue weighted by Gasteiger charge is 2.28. The number of likely N-dealkylation sites (tertiary alicyclic amines) is 1. The molecule has 0 N–H and O–H groups in total. The Morgan fingerprint density at radius 1 is 0.769 bits per heavy atom. The SMILES string of the molecule is C1=CC[C@@H](CN2CCN(C3CCN(Cc4ccccc4)CC3)CC2)CC1. The highest BCUT2D eigenvalue weighted by atomic mass is 15.3. The summed E-state index contributed by atoms with van der Waals surface area (Å²) in [5.41, 5.74) is 1.46. The Balaban J connectivity index is 1.17. The van der Waals surface area contributed by atoms with Gasteiger partial charge in [-0.05, 0) is 56.7 Å². The van der Waals surface area contributed by atoms with E-state index in [2.05, 4.69) is 57.2 Å². The van der Waals surface area contributed by atoms with E-state index in [0.717, 1.165) is 18.5 Å². The van der Waals surface area contributed by atoms with Crippen LogP contribution in [-0.4, -0.2) is 66.6 Å². The second-order valence-corrected chi connectivity index (χ2v) is 8.48. The monoisotopic (exact) mass is 353 g/mol. The van der Waals surface area contributed by atoms with E-state index in [1.807, 2.05) is 0 Å². The van der Waals surface area contributed by atoms with Crippen LogP contribution in [0.2, 0.25) is 0 Å². The molecule has 3 nitrogen and oxygen atoms in total. The van der Waals surface area contributed by atoms with Gasteiger partial charge in [-0.15, -0.1) is 0 Å². The predicted molar refractivity (Wildman–Crippen MR) is 109 cm³/mol. The van der Waals surface area contributed by atoms with Crippen LogP contribution in [0.5, 0.6) is 0 Å². The Morgan fingerprint density at radius 2 is 1.54 bits per heavy atom. The Kier molecular flexibility index (Phi) is 6.42. The molecule has 0 aromatic heterocycles. The molecule has 0 saturated carbocycles. The van der Waals surface area contributed by atoms with Crippen molar-refractivity contribution in [3.8, 4) is 0 Å². The van der Waals surface area contributed by atoms with Gasteiger partial charge in [0, 0.05) is 45.3 Å². The first-order valence-electron chi connectivity index (χ1n) is 10.7. The molecule has 2 heterocycles. The van der Waals surface area contributed by atoms with Crippen molar-refractivity contribution in [2.24, 2.45) is 5.92 Å². The summed E-state index contributed by atoms with van der Waals surface area (Å²) < 4.78 is 0. The van der Waals surface area contributed by atoms with Gasteiger partial charge in [0.15, 0.2) is 0 Å². The molecule has 1 aliphatic carbocycles. The summed E-state index contributed by atoms with van der Waals surface area (Å²) in [6.07, 6.45) is 11.5.